The van der Waals surface area contributed by atoms with Gasteiger partial charge in [0.1, 0.15) is 5.60 Å². The Bertz CT molecular complexity index is 215. The van der Waals surface area contributed by atoms with Gasteiger partial charge in [0.05, 0.1) is 0 Å². The monoisotopic (exact) mass is 186 g/mol. The number of esters is 1. The molecule has 76 valence electrons. The van der Waals surface area contributed by atoms with E-state index in [4.69, 9.17) is 4.74 Å². The molecule has 0 spiro atoms. The molecule has 0 radical (unpaired) electrons. The lowest BCUT2D eigenvalue weighted by Gasteiger charge is -2.22. The standard InChI is InChI=1S/C10H18O3/c1-9(2,3)7(11)8(12)13-10(4,5)6/h1-6H3. The van der Waals surface area contributed by atoms with E-state index >= 15 is 0 Å². The number of rotatable bonds is 1. The highest BCUT2D eigenvalue weighted by atomic mass is 16.6. The molecule has 0 aliphatic rings. The second-order valence-corrected chi connectivity index (χ2v) is 5.08. The number of hydrogen-bond acceptors (Lipinski definition) is 3. The molecule has 0 atom stereocenters. The molecule has 0 saturated carbocycles. The minimum absolute atomic E-state index is 0.484. The van der Waals surface area contributed by atoms with E-state index in [-0.39, 0.29) is 0 Å². The van der Waals surface area contributed by atoms with E-state index in [0.717, 1.165) is 0 Å². The maximum atomic E-state index is 11.4. The third kappa shape index (κ3) is 4.65. The quantitative estimate of drug-likeness (QED) is 0.464. The highest BCUT2D eigenvalue weighted by molar-refractivity contribution is 6.35. The molecule has 0 amide bonds. The van der Waals surface area contributed by atoms with Crippen LogP contribution in [0.25, 0.3) is 0 Å². The lowest BCUT2D eigenvalue weighted by atomic mass is 9.91. The van der Waals surface area contributed by atoms with Gasteiger partial charge in [-0.3, -0.25) is 4.79 Å². The summed E-state index contributed by atoms with van der Waals surface area (Å²) in [6, 6.07) is 0. The lowest BCUT2D eigenvalue weighted by molar-refractivity contribution is -0.165. The summed E-state index contributed by atoms with van der Waals surface area (Å²) in [5.41, 5.74) is -1.26. The first-order chi connectivity index (χ1) is 5.54. The average Bonchev–Trinajstić information content (AvgIpc) is 1.79. The van der Waals surface area contributed by atoms with E-state index in [1.54, 1.807) is 41.5 Å². The van der Waals surface area contributed by atoms with Crippen LogP contribution in [0.5, 0.6) is 0 Å². The Kier molecular flexibility index (Phi) is 3.25. The van der Waals surface area contributed by atoms with E-state index in [1.165, 1.54) is 0 Å². The maximum Gasteiger partial charge on any atom is 0.375 e. The van der Waals surface area contributed by atoms with Crippen LogP contribution in [0.15, 0.2) is 0 Å². The summed E-state index contributed by atoms with van der Waals surface area (Å²) >= 11 is 0. The van der Waals surface area contributed by atoms with E-state index in [9.17, 15) is 9.59 Å². The molecule has 0 saturated heterocycles. The van der Waals surface area contributed by atoms with Gasteiger partial charge >= 0.3 is 5.97 Å². The van der Waals surface area contributed by atoms with Gasteiger partial charge in [0, 0.05) is 5.41 Å². The largest absolute Gasteiger partial charge is 0.454 e. The first kappa shape index (κ1) is 12.1. The molecule has 3 nitrogen and oxygen atoms in total. The van der Waals surface area contributed by atoms with Crippen molar-refractivity contribution in [3.63, 3.8) is 0 Å². The minimum atomic E-state index is -0.750. The van der Waals surface area contributed by atoms with Crippen molar-refractivity contribution in [2.24, 2.45) is 5.41 Å². The highest BCUT2D eigenvalue weighted by Crippen LogP contribution is 2.17. The number of ether oxygens (including phenoxy) is 1. The van der Waals surface area contributed by atoms with Crippen molar-refractivity contribution in [3.05, 3.63) is 0 Å². The predicted octanol–water partition coefficient (Wildman–Crippen LogP) is 1.94. The summed E-state index contributed by atoms with van der Waals surface area (Å²) in [5, 5.41) is 0. The first-order valence-corrected chi connectivity index (χ1v) is 4.32. The maximum absolute atomic E-state index is 11.4. The molecule has 0 aliphatic heterocycles. The van der Waals surface area contributed by atoms with Crippen LogP contribution in [0.4, 0.5) is 0 Å². The van der Waals surface area contributed by atoms with Crippen molar-refractivity contribution in [1.29, 1.82) is 0 Å². The fraction of sp³-hybridized carbons (Fsp3) is 0.800. The van der Waals surface area contributed by atoms with Crippen LogP contribution in [0.3, 0.4) is 0 Å². The summed E-state index contributed by atoms with van der Waals surface area (Å²) in [6.07, 6.45) is 0. The molecular formula is C10H18O3. The Balaban J connectivity index is 4.40. The lowest BCUT2D eigenvalue weighted by Crippen LogP contribution is -2.35. The van der Waals surface area contributed by atoms with Gasteiger partial charge in [-0.15, -0.1) is 0 Å². The van der Waals surface area contributed by atoms with Crippen molar-refractivity contribution >= 4 is 11.8 Å². The van der Waals surface area contributed by atoms with Gasteiger partial charge in [0.15, 0.2) is 0 Å². The summed E-state index contributed by atoms with van der Waals surface area (Å²) in [6.45, 7) is 10.3. The molecule has 0 fully saturated rings. The molecule has 13 heavy (non-hydrogen) atoms. The number of hydrogen-bond donors (Lipinski definition) is 0. The highest BCUT2D eigenvalue weighted by Gasteiger charge is 2.32. The number of ketones is 1. The second kappa shape index (κ2) is 3.48. The number of carbonyl (C=O) groups excluding carboxylic acids is 2. The SMILES string of the molecule is CC(C)(C)OC(=O)C(=O)C(C)(C)C. The summed E-state index contributed by atoms with van der Waals surface area (Å²) < 4.78 is 4.94. The molecule has 3 heteroatoms. The Labute approximate surface area is 79.5 Å². The van der Waals surface area contributed by atoms with Gasteiger partial charge in [-0.25, -0.2) is 4.79 Å². The normalized spacial score (nSPS) is 12.5. The van der Waals surface area contributed by atoms with Gasteiger partial charge in [0.25, 0.3) is 0 Å². The van der Waals surface area contributed by atoms with Crippen molar-refractivity contribution < 1.29 is 14.3 Å². The summed E-state index contributed by atoms with van der Waals surface area (Å²) in [7, 11) is 0. The predicted molar refractivity (Wildman–Crippen MR) is 50.3 cm³/mol. The Morgan fingerprint density at radius 3 is 1.54 bits per heavy atom. The third-order valence-corrected chi connectivity index (χ3v) is 1.27. The molecule has 0 unspecified atom stereocenters. The van der Waals surface area contributed by atoms with Crippen LogP contribution in [-0.2, 0) is 14.3 Å². The molecule has 0 aromatic rings. The summed E-state index contributed by atoms with van der Waals surface area (Å²) in [4.78, 5) is 22.6. The van der Waals surface area contributed by atoms with Crippen molar-refractivity contribution in [2.45, 2.75) is 47.1 Å². The number of Topliss-reactive ketones (excluding diaryl/α,β-unsaturated/α-hetero) is 1. The van der Waals surface area contributed by atoms with E-state index in [2.05, 4.69) is 0 Å². The van der Waals surface area contributed by atoms with Gasteiger partial charge in [-0.05, 0) is 20.8 Å². The summed E-state index contributed by atoms with van der Waals surface area (Å²) in [5.74, 6) is -1.23. The van der Waals surface area contributed by atoms with Crippen LogP contribution in [-0.4, -0.2) is 17.4 Å². The van der Waals surface area contributed by atoms with Crippen molar-refractivity contribution in [3.8, 4) is 0 Å². The molecular weight excluding hydrogens is 168 g/mol. The van der Waals surface area contributed by atoms with E-state index in [0.29, 0.717) is 0 Å². The Hall–Kier alpha value is -0.860. The van der Waals surface area contributed by atoms with Gasteiger partial charge in [0.2, 0.25) is 5.78 Å². The van der Waals surface area contributed by atoms with Crippen molar-refractivity contribution in [2.75, 3.05) is 0 Å². The Morgan fingerprint density at radius 2 is 1.31 bits per heavy atom. The first-order valence-electron chi connectivity index (χ1n) is 4.32. The second-order valence-electron chi connectivity index (χ2n) is 5.08. The smallest absolute Gasteiger partial charge is 0.375 e. The van der Waals surface area contributed by atoms with E-state index < -0.39 is 22.8 Å². The topological polar surface area (TPSA) is 43.4 Å². The molecule has 0 aliphatic carbocycles. The minimum Gasteiger partial charge on any atom is -0.454 e. The van der Waals surface area contributed by atoms with Gasteiger partial charge < -0.3 is 4.74 Å². The van der Waals surface area contributed by atoms with Crippen LogP contribution in [0.2, 0.25) is 0 Å². The fourth-order valence-corrected chi connectivity index (χ4v) is 0.631. The average molecular weight is 186 g/mol. The fourth-order valence-electron chi connectivity index (χ4n) is 0.631. The van der Waals surface area contributed by atoms with Crippen LogP contribution < -0.4 is 0 Å². The Morgan fingerprint density at radius 1 is 0.923 bits per heavy atom. The van der Waals surface area contributed by atoms with Gasteiger partial charge in [-0.2, -0.15) is 0 Å². The molecule has 0 bridgehead atoms. The zero-order valence-corrected chi connectivity index (χ0v) is 9.22. The van der Waals surface area contributed by atoms with Crippen molar-refractivity contribution in [1.82, 2.24) is 0 Å². The molecule has 0 heterocycles. The molecule has 0 rings (SSSR count). The van der Waals surface area contributed by atoms with Crippen LogP contribution >= 0.6 is 0 Å². The zero-order valence-electron chi connectivity index (χ0n) is 9.22. The van der Waals surface area contributed by atoms with E-state index in [1.807, 2.05) is 0 Å². The van der Waals surface area contributed by atoms with Crippen LogP contribution in [0, 0.1) is 5.41 Å². The zero-order chi connectivity index (χ0) is 10.9. The molecule has 0 aromatic heterocycles. The molecule has 0 aromatic carbocycles. The third-order valence-electron chi connectivity index (χ3n) is 1.27. The number of carbonyl (C=O) groups is 2. The molecule has 0 N–H and O–H groups in total. The van der Waals surface area contributed by atoms with Gasteiger partial charge in [-0.1, -0.05) is 20.8 Å². The van der Waals surface area contributed by atoms with Crippen LogP contribution in [0.1, 0.15) is 41.5 Å².